The molecular formula is C19H26N3S2W-. The van der Waals surface area contributed by atoms with Gasteiger partial charge in [0.15, 0.2) is 0 Å². The van der Waals surface area contributed by atoms with Crippen molar-refractivity contribution in [1.29, 1.82) is 0 Å². The third-order valence-electron chi connectivity index (χ3n) is 2.87. The van der Waals surface area contributed by atoms with E-state index in [0.717, 1.165) is 11.4 Å². The first-order chi connectivity index (χ1) is 11.7. The molecule has 1 heterocycles. The van der Waals surface area contributed by atoms with E-state index in [-0.39, 0.29) is 21.1 Å². The van der Waals surface area contributed by atoms with Crippen LogP contribution in [0.5, 0.6) is 0 Å². The van der Waals surface area contributed by atoms with Crippen LogP contribution in [0.4, 0.5) is 0 Å². The summed E-state index contributed by atoms with van der Waals surface area (Å²) in [5, 5.41) is 3.85. The van der Waals surface area contributed by atoms with Crippen molar-refractivity contribution in [1.82, 2.24) is 9.03 Å². The van der Waals surface area contributed by atoms with Gasteiger partial charge in [-0.3, -0.25) is 4.31 Å². The van der Waals surface area contributed by atoms with Crippen molar-refractivity contribution >= 4 is 30.5 Å². The summed E-state index contributed by atoms with van der Waals surface area (Å²) in [6.07, 6.45) is 3.28. The van der Waals surface area contributed by atoms with Crippen LogP contribution in [0, 0.1) is 0 Å². The van der Waals surface area contributed by atoms with E-state index >= 15 is 0 Å². The largest absolute Gasteiger partial charge is 0.665 e. The van der Waals surface area contributed by atoms with Crippen molar-refractivity contribution in [3.05, 3.63) is 77.7 Å². The van der Waals surface area contributed by atoms with Crippen molar-refractivity contribution in [2.45, 2.75) is 18.2 Å². The van der Waals surface area contributed by atoms with E-state index < -0.39 is 0 Å². The summed E-state index contributed by atoms with van der Waals surface area (Å²) in [5.74, 6) is 0. The minimum absolute atomic E-state index is 0. The third kappa shape index (κ3) is 11.5. The molecule has 0 fully saturated rings. The molecule has 6 heteroatoms. The first-order valence-electron chi connectivity index (χ1n) is 7.92. The maximum atomic E-state index is 4.08. The van der Waals surface area contributed by atoms with Crippen LogP contribution < -0.4 is 4.72 Å². The van der Waals surface area contributed by atoms with Gasteiger partial charge in [0.1, 0.15) is 0 Å². The Kier molecular flexibility index (Phi) is 15.1. The van der Waals surface area contributed by atoms with Crippen molar-refractivity contribution in [2.75, 3.05) is 20.6 Å². The summed E-state index contributed by atoms with van der Waals surface area (Å²) in [6.45, 7) is 3.13. The Balaban J connectivity index is 0.000000381. The molecular weight excluding hydrogens is 518 g/mol. The molecule has 0 saturated carbocycles. The zero-order valence-electron chi connectivity index (χ0n) is 14.9. The second-order valence-corrected chi connectivity index (χ2v) is 6.38. The quantitative estimate of drug-likeness (QED) is 0.388. The molecule has 0 unspecified atom stereocenters. The smallest absolute Gasteiger partial charge is 0.0776 e. The molecule has 0 spiro atoms. The average Bonchev–Trinajstić information content (AvgIpc) is 3.38. The monoisotopic (exact) mass is 544 g/mol. The van der Waals surface area contributed by atoms with Crippen LogP contribution in [-0.4, -0.2) is 24.9 Å². The molecule has 0 aromatic heterocycles. The number of thiol groups is 1. The van der Waals surface area contributed by atoms with E-state index in [0.29, 0.717) is 0 Å². The van der Waals surface area contributed by atoms with Gasteiger partial charge in [-0.25, -0.2) is 4.72 Å². The van der Waals surface area contributed by atoms with Gasteiger partial charge < -0.3 is 5.32 Å². The van der Waals surface area contributed by atoms with Gasteiger partial charge in [-0.05, 0) is 19.2 Å². The molecule has 3 rings (SSSR count). The zero-order chi connectivity index (χ0) is 17.6. The first-order valence-corrected chi connectivity index (χ1v) is 9.14. The van der Waals surface area contributed by atoms with Crippen molar-refractivity contribution in [3.8, 4) is 0 Å². The van der Waals surface area contributed by atoms with Crippen LogP contribution in [0.1, 0.15) is 18.9 Å². The maximum absolute atomic E-state index is 4.08. The Labute approximate surface area is 176 Å². The summed E-state index contributed by atoms with van der Waals surface area (Å²) in [7, 11) is 3.75. The normalized spacial score (nSPS) is 11.0. The van der Waals surface area contributed by atoms with Crippen LogP contribution in [0.15, 0.2) is 71.8 Å². The topological polar surface area (TPSA) is 29.1 Å². The Morgan fingerprint density at radius 3 is 1.96 bits per heavy atom. The second kappa shape index (κ2) is 15.5. The van der Waals surface area contributed by atoms with Crippen molar-refractivity contribution < 1.29 is 21.1 Å². The molecule has 3 nitrogen and oxygen atoms in total. The zero-order valence-corrected chi connectivity index (χ0v) is 19.6. The van der Waals surface area contributed by atoms with Gasteiger partial charge in [-0.1, -0.05) is 61.9 Å². The van der Waals surface area contributed by atoms with Crippen molar-refractivity contribution in [3.63, 3.8) is 0 Å². The maximum Gasteiger partial charge on any atom is 0.0776 e. The summed E-state index contributed by atoms with van der Waals surface area (Å²) in [6, 6.07) is 20.1. The molecule has 2 aromatic carbocycles. The fourth-order valence-corrected chi connectivity index (χ4v) is 2.44. The molecule has 0 aliphatic carbocycles. The van der Waals surface area contributed by atoms with E-state index in [1.807, 2.05) is 50.5 Å². The Hall–Kier alpha value is -0.712. The van der Waals surface area contributed by atoms with Crippen LogP contribution in [0.25, 0.3) is 11.0 Å². The van der Waals surface area contributed by atoms with E-state index in [9.17, 15) is 0 Å². The Bertz CT molecular complexity index is 578. The van der Waals surface area contributed by atoms with Gasteiger partial charge in [0.05, 0.1) is 5.70 Å². The molecule has 1 N–H and O–H groups in total. The van der Waals surface area contributed by atoms with Gasteiger partial charge in [0, 0.05) is 49.9 Å². The summed E-state index contributed by atoms with van der Waals surface area (Å²) in [4.78, 5) is 1.02. The Morgan fingerprint density at radius 2 is 1.60 bits per heavy atom. The predicted molar refractivity (Wildman–Crippen MR) is 111 cm³/mol. The number of nitrogens with zero attached hydrogens (tertiary/aromatic N) is 2. The minimum atomic E-state index is 0. The molecule has 1 aliphatic rings. The molecule has 25 heavy (non-hydrogen) atoms. The third-order valence-corrected chi connectivity index (χ3v) is 3.85. The SMILES string of the molecule is CCC[N-]C.CNSN1C=C1c1ccccc1.Sc1ccccc1.[W]. The summed E-state index contributed by atoms with van der Waals surface area (Å²) < 4.78 is 5.13. The minimum Gasteiger partial charge on any atom is -0.665 e. The number of nitrogens with one attached hydrogen (secondary N) is 1. The number of benzene rings is 2. The van der Waals surface area contributed by atoms with E-state index in [2.05, 4.69) is 64.4 Å². The Morgan fingerprint density at radius 1 is 1.04 bits per heavy atom. The van der Waals surface area contributed by atoms with Crippen molar-refractivity contribution in [2.24, 2.45) is 0 Å². The summed E-state index contributed by atoms with van der Waals surface area (Å²) in [5.41, 5.74) is 2.57. The van der Waals surface area contributed by atoms with E-state index in [1.165, 1.54) is 17.7 Å². The molecule has 2 aromatic rings. The molecule has 0 radical (unpaired) electrons. The van der Waals surface area contributed by atoms with E-state index in [1.54, 1.807) is 12.1 Å². The molecule has 0 saturated heterocycles. The van der Waals surface area contributed by atoms with Crippen LogP contribution in [-0.2, 0) is 21.1 Å². The molecule has 0 bridgehead atoms. The van der Waals surface area contributed by atoms with E-state index in [4.69, 9.17) is 0 Å². The van der Waals surface area contributed by atoms with Gasteiger partial charge in [0.25, 0.3) is 0 Å². The van der Waals surface area contributed by atoms with Gasteiger partial charge >= 0.3 is 0 Å². The fraction of sp³-hybridized carbons (Fsp3) is 0.263. The van der Waals surface area contributed by atoms with Crippen LogP contribution in [0.2, 0.25) is 0 Å². The number of hydrogen-bond donors (Lipinski definition) is 2. The standard InChI is InChI=1S/C9H10N2S.C6H6S.C4H10N.W/c1-10-12-11-7-9(11)8-5-3-2-4-6-8;7-6-4-2-1-3-5-6;1-3-4-5-2;/h2-7,10H,1H3;1-5,7H;3-4H2,1-2H3;/q;;-1;. The van der Waals surface area contributed by atoms with Gasteiger partial charge in [-0.2, -0.15) is 7.05 Å². The second-order valence-electron chi connectivity index (χ2n) is 4.88. The number of rotatable bonds is 5. The average molecular weight is 544 g/mol. The molecule has 0 atom stereocenters. The number of hydrogen-bond acceptors (Lipinski definition) is 4. The van der Waals surface area contributed by atoms with Crippen LogP contribution >= 0.6 is 24.8 Å². The molecule has 0 amide bonds. The molecule has 136 valence electrons. The van der Waals surface area contributed by atoms with Crippen LogP contribution in [0.3, 0.4) is 0 Å². The first kappa shape index (κ1) is 24.3. The van der Waals surface area contributed by atoms with Gasteiger partial charge in [-0.15, -0.1) is 19.2 Å². The van der Waals surface area contributed by atoms with Gasteiger partial charge in [0.2, 0.25) is 0 Å². The summed E-state index contributed by atoms with van der Waals surface area (Å²) >= 11 is 5.68. The molecule has 1 aliphatic heterocycles. The predicted octanol–water partition coefficient (Wildman–Crippen LogP) is 5.46. The fourth-order valence-electron chi connectivity index (χ4n) is 1.72.